The Bertz CT molecular complexity index is 1780. The molecule has 3 aliphatic heterocycles. The molecule has 0 aromatic rings. The maximum Gasteiger partial charge on any atom is 0.310 e. The second-order valence-electron chi connectivity index (χ2n) is 21.9. The van der Waals surface area contributed by atoms with Crippen molar-refractivity contribution >= 4 is 5.97 Å². The van der Waals surface area contributed by atoms with Crippen LogP contribution in [-0.4, -0.2) is 169 Å². The van der Waals surface area contributed by atoms with E-state index in [0.29, 0.717) is 19.3 Å². The zero-order chi connectivity index (χ0) is 46.6. The third kappa shape index (κ3) is 7.24. The summed E-state index contributed by atoms with van der Waals surface area (Å²) in [6.07, 6.45) is -12.8. The second kappa shape index (κ2) is 17.4. The molecule has 8 rings (SSSR count). The summed E-state index contributed by atoms with van der Waals surface area (Å²) >= 11 is 0. The van der Waals surface area contributed by atoms with Crippen molar-refractivity contribution in [1.82, 2.24) is 0 Å². The number of aliphatic hydroxyl groups is 9. The molecule has 24 atom stereocenters. The minimum Gasteiger partial charge on any atom is -0.481 e. The Labute approximate surface area is 375 Å². The van der Waals surface area contributed by atoms with Crippen LogP contribution >= 0.6 is 0 Å². The Kier molecular flexibility index (Phi) is 13.3. The number of aliphatic hydroxyl groups excluding tert-OH is 9. The first-order chi connectivity index (χ1) is 30.0. The lowest BCUT2D eigenvalue weighted by Gasteiger charge is -2.70. The van der Waals surface area contributed by atoms with Gasteiger partial charge in [-0.1, -0.05) is 51.5 Å². The molecule has 17 heteroatoms. The maximum absolute atomic E-state index is 13.1. The van der Waals surface area contributed by atoms with Gasteiger partial charge in [-0.3, -0.25) is 4.79 Å². The third-order valence-corrected chi connectivity index (χ3v) is 18.9. The maximum atomic E-state index is 13.1. The second-order valence-corrected chi connectivity index (χ2v) is 21.9. The van der Waals surface area contributed by atoms with E-state index in [4.69, 9.17) is 28.4 Å². The standard InChI is InChI=1S/C47H74O17/c1-21(2)23-10-15-47(42(57)58)17-16-45(6)24(30(23)47)8-9-28-43(4)13-12-29(44(5,20-49)27(43)11-14-46(28,45)7)63-39-36(55)33(52)26(19-59-39)62-41-38(35(54)32(51)25(18-48)61-41)64-40-37(56)34(53)31(50)22(3)60-40/h8,22-23,25-41,48-56H,1,9-20H2,2-7H3,(H,57,58)/t22-,23-,25+,26-,27+,28+,29-,30-,31-,32+,33-,34+,35-,36+,37+,38+,39-,40-,41-,43-,44-,45+,46+,47-/m0/s1. The number of allylic oxidation sites excluding steroid dienone is 3. The first-order valence-corrected chi connectivity index (χ1v) is 23.5. The molecule has 7 fully saturated rings. The first-order valence-electron chi connectivity index (χ1n) is 23.5. The van der Waals surface area contributed by atoms with Gasteiger partial charge in [-0.15, -0.1) is 0 Å². The molecular weight excluding hydrogens is 836 g/mol. The Morgan fingerprint density at radius 2 is 1.47 bits per heavy atom. The molecule has 3 saturated heterocycles. The van der Waals surface area contributed by atoms with Crippen molar-refractivity contribution in [2.45, 2.75) is 191 Å². The molecule has 0 bridgehead atoms. The number of hydrogen-bond acceptors (Lipinski definition) is 16. The highest BCUT2D eigenvalue weighted by molar-refractivity contribution is 5.77. The number of ether oxygens (including phenoxy) is 6. The number of carbonyl (C=O) groups is 1. The Morgan fingerprint density at radius 3 is 2.12 bits per heavy atom. The summed E-state index contributed by atoms with van der Waals surface area (Å²) in [6.45, 7) is 15.8. The summed E-state index contributed by atoms with van der Waals surface area (Å²) in [7, 11) is 0. The van der Waals surface area contributed by atoms with E-state index in [1.165, 1.54) is 12.5 Å². The predicted octanol–water partition coefficient (Wildman–Crippen LogP) is 1.12. The van der Waals surface area contributed by atoms with Gasteiger partial charge in [0.05, 0.1) is 37.4 Å². The SMILES string of the molecule is C=C(C)[C@@H]1CC[C@]2(C(=O)O)CC[C@]3(C)C(=CC[C@@H]4[C@@]5(C)CC[C@H](O[C@@H]6OC[C@H](O[C@@H]7O[C@H](CO)[C@@H](O)[C@H](O)[C@H]7O[C@@H]7O[C@@H](C)[C@H](O)[C@@H](O)[C@H]7O)[C@H](O)[C@H]6O)[C@@](C)(CO)[C@@H]5CC[C@]43C)[C@H]12. The van der Waals surface area contributed by atoms with Gasteiger partial charge in [0.25, 0.3) is 0 Å². The van der Waals surface area contributed by atoms with E-state index >= 15 is 0 Å². The molecule has 17 nitrogen and oxygen atoms in total. The minimum atomic E-state index is -1.78. The van der Waals surface area contributed by atoms with E-state index in [-0.39, 0.29) is 53.1 Å². The molecule has 64 heavy (non-hydrogen) atoms. The normalized spacial score (nSPS) is 55.0. The first kappa shape index (κ1) is 48.8. The van der Waals surface area contributed by atoms with Gasteiger partial charge in [0.1, 0.15) is 61.0 Å². The van der Waals surface area contributed by atoms with Crippen LogP contribution in [0, 0.1) is 50.7 Å². The van der Waals surface area contributed by atoms with Gasteiger partial charge in [0.15, 0.2) is 18.9 Å². The number of hydrogen-bond donors (Lipinski definition) is 10. The fourth-order valence-corrected chi connectivity index (χ4v) is 14.9. The summed E-state index contributed by atoms with van der Waals surface area (Å²) in [6, 6.07) is 0. The Morgan fingerprint density at radius 1 is 0.766 bits per heavy atom. The van der Waals surface area contributed by atoms with Crippen molar-refractivity contribution in [3.05, 3.63) is 23.8 Å². The summed E-state index contributed by atoms with van der Waals surface area (Å²) in [5, 5.41) is 108. The van der Waals surface area contributed by atoms with E-state index in [1.807, 2.05) is 13.8 Å². The largest absolute Gasteiger partial charge is 0.481 e. The molecule has 5 aliphatic carbocycles. The van der Waals surface area contributed by atoms with Crippen molar-refractivity contribution in [2.24, 2.45) is 50.7 Å². The van der Waals surface area contributed by atoms with Gasteiger partial charge < -0.3 is 79.5 Å². The van der Waals surface area contributed by atoms with Crippen LogP contribution in [0.2, 0.25) is 0 Å². The molecule has 0 amide bonds. The summed E-state index contributed by atoms with van der Waals surface area (Å²) in [5.41, 5.74) is 0.310. The van der Waals surface area contributed by atoms with Crippen LogP contribution in [0.4, 0.5) is 0 Å². The van der Waals surface area contributed by atoms with Crippen molar-refractivity contribution in [2.75, 3.05) is 19.8 Å². The average Bonchev–Trinajstić information content (AvgIpc) is 3.67. The Balaban J connectivity index is 0.971. The molecule has 8 aliphatic rings. The van der Waals surface area contributed by atoms with E-state index in [9.17, 15) is 55.9 Å². The van der Waals surface area contributed by atoms with Gasteiger partial charge in [0.2, 0.25) is 0 Å². The number of fused-ring (bicyclic) bond motifs is 7. The molecule has 364 valence electrons. The van der Waals surface area contributed by atoms with Gasteiger partial charge in [0, 0.05) is 11.3 Å². The lowest BCUT2D eigenvalue weighted by molar-refractivity contribution is -0.382. The van der Waals surface area contributed by atoms with Gasteiger partial charge in [-0.25, -0.2) is 0 Å². The number of carboxylic acid groups (broad SMARTS) is 1. The highest BCUT2D eigenvalue weighted by Crippen LogP contribution is 2.76. The minimum absolute atomic E-state index is 0.0270. The molecule has 0 unspecified atom stereocenters. The van der Waals surface area contributed by atoms with E-state index < -0.39 is 116 Å². The van der Waals surface area contributed by atoms with Crippen LogP contribution in [0.5, 0.6) is 0 Å². The van der Waals surface area contributed by atoms with Crippen molar-refractivity contribution in [3.8, 4) is 0 Å². The number of aliphatic carboxylic acids is 1. The van der Waals surface area contributed by atoms with Crippen LogP contribution in [0.1, 0.15) is 99.3 Å². The number of carboxylic acids is 1. The fraction of sp³-hybridized carbons (Fsp3) is 0.894. The van der Waals surface area contributed by atoms with E-state index in [0.717, 1.165) is 44.1 Å². The Hall–Kier alpha value is -1.65. The predicted molar refractivity (Wildman–Crippen MR) is 224 cm³/mol. The zero-order valence-electron chi connectivity index (χ0n) is 38.1. The van der Waals surface area contributed by atoms with Crippen molar-refractivity contribution < 1.29 is 84.3 Å². The smallest absolute Gasteiger partial charge is 0.310 e. The van der Waals surface area contributed by atoms with Gasteiger partial charge >= 0.3 is 5.97 Å². The molecular formula is C47H74O17. The molecule has 3 heterocycles. The molecule has 0 spiro atoms. The zero-order valence-corrected chi connectivity index (χ0v) is 38.1. The lowest BCUT2D eigenvalue weighted by Crippen LogP contribution is -2.67. The van der Waals surface area contributed by atoms with Crippen LogP contribution in [0.15, 0.2) is 23.8 Å². The molecule has 0 aromatic carbocycles. The highest BCUT2D eigenvalue weighted by Gasteiger charge is 2.71. The number of rotatable bonds is 10. The summed E-state index contributed by atoms with van der Waals surface area (Å²) in [5.74, 6) is -0.339. The molecule has 0 radical (unpaired) electrons. The quantitative estimate of drug-likeness (QED) is 0.109. The lowest BCUT2D eigenvalue weighted by atomic mass is 9.34. The average molecular weight is 911 g/mol. The third-order valence-electron chi connectivity index (χ3n) is 18.9. The van der Waals surface area contributed by atoms with Crippen LogP contribution in [0.3, 0.4) is 0 Å². The van der Waals surface area contributed by atoms with Gasteiger partial charge in [-0.2, -0.15) is 0 Å². The van der Waals surface area contributed by atoms with Crippen LogP contribution in [-0.2, 0) is 33.2 Å². The fourth-order valence-electron chi connectivity index (χ4n) is 14.9. The van der Waals surface area contributed by atoms with Crippen molar-refractivity contribution in [1.29, 1.82) is 0 Å². The van der Waals surface area contributed by atoms with E-state index in [2.05, 4.69) is 33.4 Å². The molecule has 10 N–H and O–H groups in total. The van der Waals surface area contributed by atoms with Crippen molar-refractivity contribution in [3.63, 3.8) is 0 Å². The van der Waals surface area contributed by atoms with Crippen LogP contribution < -0.4 is 0 Å². The van der Waals surface area contributed by atoms with E-state index in [1.54, 1.807) is 0 Å². The van der Waals surface area contributed by atoms with Crippen LogP contribution in [0.25, 0.3) is 0 Å². The monoisotopic (exact) mass is 910 g/mol. The highest BCUT2D eigenvalue weighted by atomic mass is 16.8. The molecule has 4 saturated carbocycles. The topological polar surface area (TPSA) is 275 Å². The summed E-state index contributed by atoms with van der Waals surface area (Å²) < 4.78 is 35.7. The van der Waals surface area contributed by atoms with Gasteiger partial charge in [-0.05, 0) is 106 Å². The summed E-state index contributed by atoms with van der Waals surface area (Å²) in [4.78, 5) is 13.1. The molecule has 0 aromatic heterocycles.